The van der Waals surface area contributed by atoms with Crippen molar-refractivity contribution in [2.24, 2.45) is 16.3 Å². The Hall–Kier alpha value is -1.95. The zero-order valence-corrected chi connectivity index (χ0v) is 17.1. The average Bonchev–Trinajstić information content (AvgIpc) is 3.13. The molecule has 4 aliphatic rings. The third-order valence-electron chi connectivity index (χ3n) is 7.53. The fraction of sp³-hybridized carbons (Fsp3) is 0.682. The lowest BCUT2D eigenvalue weighted by molar-refractivity contribution is -0.171. The van der Waals surface area contributed by atoms with E-state index in [1.807, 2.05) is 13.1 Å². The molecule has 1 aromatic rings. The quantitative estimate of drug-likeness (QED) is 0.640. The van der Waals surface area contributed by atoms with Crippen LogP contribution in [0.15, 0.2) is 29.3 Å². The molecule has 1 N–H and O–H groups in total. The fourth-order valence-electron chi connectivity index (χ4n) is 5.88. The lowest BCUT2D eigenvalue weighted by Crippen LogP contribution is -2.73. The van der Waals surface area contributed by atoms with E-state index in [0.29, 0.717) is 23.5 Å². The summed E-state index contributed by atoms with van der Waals surface area (Å²) < 4.78 is 11.5. The minimum absolute atomic E-state index is 0.388. The Bertz CT molecular complexity index is 740. The van der Waals surface area contributed by atoms with E-state index in [0.717, 1.165) is 44.5 Å². The first kappa shape index (κ1) is 18.1. The molecule has 2 saturated carbocycles. The molecule has 6 heteroatoms. The minimum Gasteiger partial charge on any atom is -0.497 e. The van der Waals surface area contributed by atoms with Crippen LogP contribution in [0.25, 0.3) is 0 Å². The number of methoxy groups -OCH3 is 1. The predicted molar refractivity (Wildman–Crippen MR) is 111 cm³/mol. The zero-order chi connectivity index (χ0) is 19.1. The Morgan fingerprint density at radius 2 is 2.07 bits per heavy atom. The normalized spacial score (nSPS) is 31.2. The van der Waals surface area contributed by atoms with Crippen LogP contribution < -0.4 is 15.0 Å². The van der Waals surface area contributed by atoms with Crippen molar-refractivity contribution in [3.8, 4) is 5.75 Å². The highest BCUT2D eigenvalue weighted by molar-refractivity contribution is 5.81. The van der Waals surface area contributed by atoms with Gasteiger partial charge >= 0.3 is 0 Å². The van der Waals surface area contributed by atoms with E-state index in [1.54, 1.807) is 7.11 Å². The molecule has 3 atom stereocenters. The number of aliphatic imine (C=N–C) groups is 1. The van der Waals surface area contributed by atoms with Crippen molar-refractivity contribution in [2.45, 2.75) is 37.8 Å². The lowest BCUT2D eigenvalue weighted by atomic mass is 9.46. The molecule has 3 unspecified atom stereocenters. The van der Waals surface area contributed by atoms with Crippen molar-refractivity contribution in [2.75, 3.05) is 51.8 Å². The van der Waals surface area contributed by atoms with Crippen molar-refractivity contribution in [1.29, 1.82) is 0 Å². The second-order valence-corrected chi connectivity index (χ2v) is 8.68. The second kappa shape index (κ2) is 7.14. The maximum atomic E-state index is 6.07. The molecule has 2 heterocycles. The summed E-state index contributed by atoms with van der Waals surface area (Å²) in [5.41, 5.74) is 1.62. The molecule has 0 bridgehead atoms. The van der Waals surface area contributed by atoms with Crippen LogP contribution in [0.4, 0.5) is 5.69 Å². The third-order valence-corrected chi connectivity index (χ3v) is 7.53. The molecule has 2 saturated heterocycles. The predicted octanol–water partition coefficient (Wildman–Crippen LogP) is 2.35. The number of nitrogens with one attached hydrogen (secondary N) is 1. The maximum Gasteiger partial charge on any atom is 0.194 e. The van der Waals surface area contributed by atoms with Crippen molar-refractivity contribution in [1.82, 2.24) is 10.2 Å². The molecule has 1 aromatic carbocycles. The van der Waals surface area contributed by atoms with E-state index in [-0.39, 0.29) is 0 Å². The third kappa shape index (κ3) is 2.76. The van der Waals surface area contributed by atoms with Crippen molar-refractivity contribution < 1.29 is 9.47 Å². The maximum absolute atomic E-state index is 6.07. The van der Waals surface area contributed by atoms with E-state index in [1.165, 1.54) is 31.4 Å². The van der Waals surface area contributed by atoms with E-state index < -0.39 is 0 Å². The standard InChI is InChI=1S/C22H32N4O2/c1-23-21(24-19-18-7-14-28-20(18)22(19)8-4-9-22)26-12-10-25(11-13-26)16-5-3-6-17(15-16)27-2/h3,5-6,15,18-20H,4,7-14H2,1-2H3,(H,23,24). The molecule has 152 valence electrons. The molecule has 6 nitrogen and oxygen atoms in total. The molecule has 0 amide bonds. The van der Waals surface area contributed by atoms with Crippen LogP contribution in [-0.2, 0) is 4.74 Å². The minimum atomic E-state index is 0.388. The number of ether oxygens (including phenoxy) is 2. The number of hydrogen-bond acceptors (Lipinski definition) is 4. The number of anilines is 1. The van der Waals surface area contributed by atoms with Crippen LogP contribution in [0.2, 0.25) is 0 Å². The first-order chi connectivity index (χ1) is 13.7. The summed E-state index contributed by atoms with van der Waals surface area (Å²) in [5, 5.41) is 3.87. The zero-order valence-electron chi connectivity index (χ0n) is 17.1. The van der Waals surface area contributed by atoms with Gasteiger partial charge in [0.1, 0.15) is 5.75 Å². The molecule has 2 aliphatic carbocycles. The van der Waals surface area contributed by atoms with Crippen molar-refractivity contribution in [3.05, 3.63) is 24.3 Å². The summed E-state index contributed by atoms with van der Waals surface area (Å²) in [7, 11) is 3.65. The molecule has 1 spiro atoms. The Labute approximate surface area is 167 Å². The van der Waals surface area contributed by atoms with Crippen molar-refractivity contribution >= 4 is 11.6 Å². The summed E-state index contributed by atoms with van der Waals surface area (Å²) in [5.74, 6) is 2.67. The summed E-state index contributed by atoms with van der Waals surface area (Å²) in [4.78, 5) is 9.51. The Morgan fingerprint density at radius 3 is 2.75 bits per heavy atom. The number of fused-ring (bicyclic) bond motifs is 2. The second-order valence-electron chi connectivity index (χ2n) is 8.68. The monoisotopic (exact) mass is 384 g/mol. The van der Waals surface area contributed by atoms with E-state index >= 15 is 0 Å². The first-order valence-corrected chi connectivity index (χ1v) is 10.7. The van der Waals surface area contributed by atoms with Crippen LogP contribution in [-0.4, -0.2) is 69.9 Å². The summed E-state index contributed by atoms with van der Waals surface area (Å²) >= 11 is 0. The number of piperazine rings is 1. The summed E-state index contributed by atoms with van der Waals surface area (Å²) in [6.45, 7) is 4.91. The van der Waals surface area contributed by atoms with Crippen LogP contribution in [0.3, 0.4) is 0 Å². The Kier molecular flexibility index (Phi) is 4.62. The van der Waals surface area contributed by atoms with Gasteiger partial charge in [0, 0.05) is 69.0 Å². The molecule has 5 rings (SSSR count). The number of nitrogens with zero attached hydrogens (tertiary/aromatic N) is 3. The Balaban J connectivity index is 1.22. The largest absolute Gasteiger partial charge is 0.497 e. The fourth-order valence-corrected chi connectivity index (χ4v) is 5.88. The van der Waals surface area contributed by atoms with E-state index in [2.05, 4.69) is 38.3 Å². The van der Waals surface area contributed by atoms with Gasteiger partial charge in [0.15, 0.2) is 5.96 Å². The van der Waals surface area contributed by atoms with E-state index in [4.69, 9.17) is 9.47 Å². The van der Waals surface area contributed by atoms with Gasteiger partial charge in [-0.05, 0) is 31.4 Å². The van der Waals surface area contributed by atoms with Gasteiger partial charge in [0.2, 0.25) is 0 Å². The molecule has 0 radical (unpaired) electrons. The summed E-state index contributed by atoms with van der Waals surface area (Å²) in [6, 6.07) is 8.90. The molecule has 0 aromatic heterocycles. The highest BCUT2D eigenvalue weighted by atomic mass is 16.5. The van der Waals surface area contributed by atoms with Gasteiger partial charge in [-0.2, -0.15) is 0 Å². The van der Waals surface area contributed by atoms with Gasteiger partial charge in [-0.3, -0.25) is 4.99 Å². The lowest BCUT2D eigenvalue weighted by Gasteiger charge is -2.63. The van der Waals surface area contributed by atoms with Gasteiger partial charge in [-0.1, -0.05) is 12.5 Å². The van der Waals surface area contributed by atoms with Gasteiger partial charge < -0.3 is 24.6 Å². The number of hydrogen-bond donors (Lipinski definition) is 1. The van der Waals surface area contributed by atoms with Crippen molar-refractivity contribution in [3.63, 3.8) is 0 Å². The molecule has 28 heavy (non-hydrogen) atoms. The number of benzene rings is 1. The molecular formula is C22H32N4O2. The van der Waals surface area contributed by atoms with Gasteiger partial charge in [0.05, 0.1) is 13.2 Å². The average molecular weight is 385 g/mol. The number of rotatable bonds is 3. The summed E-state index contributed by atoms with van der Waals surface area (Å²) in [6.07, 6.45) is 5.67. The van der Waals surface area contributed by atoms with E-state index in [9.17, 15) is 0 Å². The van der Waals surface area contributed by atoms with Crippen LogP contribution >= 0.6 is 0 Å². The molecule has 2 aliphatic heterocycles. The smallest absolute Gasteiger partial charge is 0.194 e. The van der Waals surface area contributed by atoms with Crippen LogP contribution in [0, 0.1) is 11.3 Å². The SMILES string of the molecule is CN=C(NC1C2CCOC2C12CCC2)N1CCN(c2cccc(OC)c2)CC1. The number of guanidine groups is 1. The van der Waals surface area contributed by atoms with Crippen LogP contribution in [0.1, 0.15) is 25.7 Å². The van der Waals surface area contributed by atoms with Gasteiger partial charge in [-0.15, -0.1) is 0 Å². The highest BCUT2D eigenvalue weighted by Crippen LogP contribution is 2.62. The molecular weight excluding hydrogens is 352 g/mol. The topological polar surface area (TPSA) is 49.3 Å². The molecule has 4 fully saturated rings. The van der Waals surface area contributed by atoms with Gasteiger partial charge in [0.25, 0.3) is 0 Å². The Morgan fingerprint density at radius 1 is 1.25 bits per heavy atom. The first-order valence-electron chi connectivity index (χ1n) is 10.7. The van der Waals surface area contributed by atoms with Crippen LogP contribution in [0.5, 0.6) is 5.75 Å². The van der Waals surface area contributed by atoms with Gasteiger partial charge in [-0.25, -0.2) is 0 Å². The highest BCUT2D eigenvalue weighted by Gasteiger charge is 2.66.